The third kappa shape index (κ3) is 2.98. The van der Waals surface area contributed by atoms with Gasteiger partial charge in [-0.2, -0.15) is 0 Å². The Labute approximate surface area is 156 Å². The van der Waals surface area contributed by atoms with Crippen LogP contribution in [0.15, 0.2) is 23.4 Å². The standard InChI is InChI=1S/C18H18Cl2N4O/c1-9-11(3)24(15-7-6-13(19)8-14(15)20)18-16(9)17(10(2)23-25-5)21-12(4)22-18/h6-8H,1-5H3/b23-10-. The summed E-state index contributed by atoms with van der Waals surface area (Å²) in [6.45, 7) is 7.80. The van der Waals surface area contributed by atoms with Gasteiger partial charge in [0.2, 0.25) is 0 Å². The van der Waals surface area contributed by atoms with Crippen molar-refractivity contribution in [3.63, 3.8) is 0 Å². The fourth-order valence-electron chi connectivity index (χ4n) is 2.97. The summed E-state index contributed by atoms with van der Waals surface area (Å²) in [5.74, 6) is 0.650. The highest BCUT2D eigenvalue weighted by Crippen LogP contribution is 2.33. The van der Waals surface area contributed by atoms with Gasteiger partial charge in [0.15, 0.2) is 0 Å². The number of hydrogen-bond donors (Lipinski definition) is 0. The van der Waals surface area contributed by atoms with Crippen molar-refractivity contribution in [3.05, 3.63) is 51.0 Å². The summed E-state index contributed by atoms with van der Waals surface area (Å²) in [4.78, 5) is 14.2. The average molecular weight is 377 g/mol. The SMILES string of the molecule is CO/N=C(/C)c1nc(C)nc2c1c(C)c(C)n2-c1ccc(Cl)cc1Cl. The summed E-state index contributed by atoms with van der Waals surface area (Å²) in [6.07, 6.45) is 0. The lowest BCUT2D eigenvalue weighted by Crippen LogP contribution is -2.06. The highest BCUT2D eigenvalue weighted by atomic mass is 35.5. The molecule has 3 rings (SSSR count). The van der Waals surface area contributed by atoms with E-state index in [2.05, 4.69) is 15.1 Å². The molecule has 0 aliphatic rings. The number of aryl methyl sites for hydroxylation is 2. The molecule has 0 saturated carbocycles. The zero-order valence-electron chi connectivity index (χ0n) is 14.7. The molecule has 0 radical (unpaired) electrons. The van der Waals surface area contributed by atoms with E-state index in [0.29, 0.717) is 21.6 Å². The molecular weight excluding hydrogens is 359 g/mol. The van der Waals surface area contributed by atoms with Crippen LogP contribution in [-0.2, 0) is 4.84 Å². The van der Waals surface area contributed by atoms with Crippen LogP contribution in [0, 0.1) is 20.8 Å². The van der Waals surface area contributed by atoms with Gasteiger partial charge in [0, 0.05) is 10.7 Å². The van der Waals surface area contributed by atoms with Crippen molar-refractivity contribution in [1.82, 2.24) is 14.5 Å². The van der Waals surface area contributed by atoms with Crippen LogP contribution >= 0.6 is 23.2 Å². The lowest BCUT2D eigenvalue weighted by Gasteiger charge is -2.11. The zero-order chi connectivity index (χ0) is 18.3. The number of halogens is 2. The summed E-state index contributed by atoms with van der Waals surface area (Å²) in [6, 6.07) is 5.44. The van der Waals surface area contributed by atoms with E-state index < -0.39 is 0 Å². The maximum absolute atomic E-state index is 6.45. The second-order valence-corrected chi connectivity index (χ2v) is 6.66. The highest BCUT2D eigenvalue weighted by molar-refractivity contribution is 6.35. The predicted octanol–water partition coefficient (Wildman–Crippen LogP) is 5.02. The average Bonchev–Trinajstić information content (AvgIpc) is 2.79. The first-order chi connectivity index (χ1) is 11.8. The van der Waals surface area contributed by atoms with Gasteiger partial charge in [-0.1, -0.05) is 28.4 Å². The molecule has 0 bridgehead atoms. The molecule has 2 heterocycles. The molecule has 0 spiro atoms. The minimum Gasteiger partial charge on any atom is -0.399 e. The molecule has 0 N–H and O–H groups in total. The Morgan fingerprint density at radius 1 is 1.16 bits per heavy atom. The van der Waals surface area contributed by atoms with E-state index in [1.807, 2.05) is 44.4 Å². The van der Waals surface area contributed by atoms with Crippen LogP contribution in [0.3, 0.4) is 0 Å². The molecule has 5 nitrogen and oxygen atoms in total. The van der Waals surface area contributed by atoms with Crippen molar-refractivity contribution in [3.8, 4) is 5.69 Å². The topological polar surface area (TPSA) is 52.3 Å². The van der Waals surface area contributed by atoms with Crippen LogP contribution in [0.25, 0.3) is 16.7 Å². The molecule has 25 heavy (non-hydrogen) atoms. The van der Waals surface area contributed by atoms with Crippen molar-refractivity contribution in [2.75, 3.05) is 7.11 Å². The Kier molecular flexibility index (Phi) is 4.71. The first-order valence-electron chi connectivity index (χ1n) is 7.75. The highest BCUT2D eigenvalue weighted by Gasteiger charge is 2.21. The molecular formula is C18H18Cl2N4O. The first kappa shape index (κ1) is 17.7. The second kappa shape index (κ2) is 6.65. The predicted molar refractivity (Wildman–Crippen MR) is 102 cm³/mol. The Hall–Kier alpha value is -2.11. The van der Waals surface area contributed by atoms with Gasteiger partial charge in [0.05, 0.1) is 16.1 Å². The Morgan fingerprint density at radius 2 is 1.88 bits per heavy atom. The fraction of sp³-hybridized carbons (Fsp3) is 0.278. The van der Waals surface area contributed by atoms with Gasteiger partial charge in [0.25, 0.3) is 0 Å². The number of benzene rings is 1. The number of oxime groups is 1. The number of nitrogens with zero attached hydrogens (tertiary/aromatic N) is 4. The second-order valence-electron chi connectivity index (χ2n) is 5.82. The zero-order valence-corrected chi connectivity index (χ0v) is 16.2. The van der Waals surface area contributed by atoms with Gasteiger partial charge in [0.1, 0.15) is 30.0 Å². The van der Waals surface area contributed by atoms with Crippen LogP contribution in [0.4, 0.5) is 0 Å². The smallest absolute Gasteiger partial charge is 0.149 e. The van der Waals surface area contributed by atoms with E-state index in [9.17, 15) is 0 Å². The van der Waals surface area contributed by atoms with E-state index in [1.54, 1.807) is 6.07 Å². The van der Waals surface area contributed by atoms with Crippen molar-refractivity contribution < 1.29 is 4.84 Å². The van der Waals surface area contributed by atoms with Crippen LogP contribution in [0.1, 0.15) is 29.7 Å². The van der Waals surface area contributed by atoms with Crippen molar-refractivity contribution in [2.45, 2.75) is 27.7 Å². The summed E-state index contributed by atoms with van der Waals surface area (Å²) in [5.41, 5.74) is 5.17. The number of rotatable bonds is 3. The van der Waals surface area contributed by atoms with E-state index in [-0.39, 0.29) is 0 Å². The molecule has 0 amide bonds. The lowest BCUT2D eigenvalue weighted by molar-refractivity contribution is 0.213. The number of aromatic nitrogens is 3. The Bertz CT molecular complexity index is 1010. The van der Waals surface area contributed by atoms with Crippen LogP contribution in [0.5, 0.6) is 0 Å². The lowest BCUT2D eigenvalue weighted by atomic mass is 10.1. The quantitative estimate of drug-likeness (QED) is 0.476. The maximum Gasteiger partial charge on any atom is 0.149 e. The van der Waals surface area contributed by atoms with Gasteiger partial charge in [-0.3, -0.25) is 4.57 Å². The van der Waals surface area contributed by atoms with Gasteiger partial charge >= 0.3 is 0 Å². The Morgan fingerprint density at radius 3 is 2.52 bits per heavy atom. The first-order valence-corrected chi connectivity index (χ1v) is 8.50. The van der Waals surface area contributed by atoms with Crippen molar-refractivity contribution >= 4 is 39.9 Å². The third-order valence-electron chi connectivity index (χ3n) is 4.19. The van der Waals surface area contributed by atoms with Gasteiger partial charge in [-0.25, -0.2) is 9.97 Å². The molecule has 130 valence electrons. The molecule has 0 unspecified atom stereocenters. The van der Waals surface area contributed by atoms with Gasteiger partial charge < -0.3 is 4.84 Å². The van der Waals surface area contributed by atoms with Gasteiger partial charge in [-0.15, -0.1) is 0 Å². The minimum absolute atomic E-state index is 0.563. The molecule has 0 saturated heterocycles. The Balaban J connectivity index is 2.43. The van der Waals surface area contributed by atoms with E-state index >= 15 is 0 Å². The third-order valence-corrected chi connectivity index (χ3v) is 4.73. The minimum atomic E-state index is 0.563. The summed E-state index contributed by atoms with van der Waals surface area (Å²) < 4.78 is 2.03. The number of fused-ring (bicyclic) bond motifs is 1. The maximum atomic E-state index is 6.45. The molecule has 0 atom stereocenters. The molecule has 0 aliphatic heterocycles. The van der Waals surface area contributed by atoms with Crippen LogP contribution in [0.2, 0.25) is 10.0 Å². The molecule has 7 heteroatoms. The van der Waals surface area contributed by atoms with Gasteiger partial charge in [-0.05, 0) is 51.5 Å². The summed E-state index contributed by atoms with van der Waals surface area (Å²) in [5, 5.41) is 6.13. The van der Waals surface area contributed by atoms with E-state index in [0.717, 1.165) is 33.7 Å². The van der Waals surface area contributed by atoms with E-state index in [4.69, 9.17) is 28.0 Å². The largest absolute Gasteiger partial charge is 0.399 e. The summed E-state index contributed by atoms with van der Waals surface area (Å²) in [7, 11) is 1.52. The molecule has 0 aliphatic carbocycles. The normalized spacial score (nSPS) is 12.0. The van der Waals surface area contributed by atoms with Crippen LogP contribution in [-0.4, -0.2) is 27.4 Å². The van der Waals surface area contributed by atoms with Crippen molar-refractivity contribution in [2.24, 2.45) is 5.16 Å². The molecule has 0 fully saturated rings. The fourth-order valence-corrected chi connectivity index (χ4v) is 3.46. The van der Waals surface area contributed by atoms with E-state index in [1.165, 1.54) is 7.11 Å². The van der Waals surface area contributed by atoms with Crippen LogP contribution < -0.4 is 0 Å². The monoisotopic (exact) mass is 376 g/mol. The molecule has 2 aromatic heterocycles. The number of hydrogen-bond acceptors (Lipinski definition) is 4. The molecule has 1 aromatic carbocycles. The van der Waals surface area contributed by atoms with Crippen molar-refractivity contribution in [1.29, 1.82) is 0 Å². The summed E-state index contributed by atoms with van der Waals surface area (Å²) >= 11 is 12.5. The molecule has 3 aromatic rings.